The fourth-order valence-electron chi connectivity index (χ4n) is 2.62. The van der Waals surface area contributed by atoms with E-state index in [-0.39, 0.29) is 29.2 Å². The second-order valence-electron chi connectivity index (χ2n) is 6.20. The van der Waals surface area contributed by atoms with Crippen LogP contribution in [0.1, 0.15) is 19.8 Å². The molecule has 0 spiro atoms. The fraction of sp³-hybridized carbons (Fsp3) is 0.588. The normalized spacial score (nSPS) is 17.5. The summed E-state index contributed by atoms with van der Waals surface area (Å²) < 4.78 is 37.0. The summed E-state index contributed by atoms with van der Waals surface area (Å²) in [7, 11) is -0.792. The van der Waals surface area contributed by atoms with Gasteiger partial charge < -0.3 is 20.1 Å². The van der Waals surface area contributed by atoms with Crippen molar-refractivity contribution in [3.8, 4) is 5.75 Å². The minimum absolute atomic E-state index is 0.0227. The standard InChI is InChI=1S/C17H27N3O5S/c1-4-24-15-8-7-13(10-16(15)26(22,23)20(2)3)19-17(21)12-18-11-14-6-5-9-25-14/h7-8,10,14,18H,4-6,9,11-12H2,1-3H3,(H,19,21). The average Bonchev–Trinajstić information content (AvgIpc) is 3.09. The van der Waals surface area contributed by atoms with Gasteiger partial charge >= 0.3 is 0 Å². The number of carbonyl (C=O) groups is 1. The molecule has 1 atom stereocenters. The number of hydrogen-bond acceptors (Lipinski definition) is 6. The first kappa shape index (κ1) is 20.6. The van der Waals surface area contributed by atoms with Crippen molar-refractivity contribution >= 4 is 21.6 Å². The van der Waals surface area contributed by atoms with Gasteiger partial charge in [0.25, 0.3) is 0 Å². The summed E-state index contributed by atoms with van der Waals surface area (Å²) in [4.78, 5) is 12.1. The molecule has 0 radical (unpaired) electrons. The molecule has 26 heavy (non-hydrogen) atoms. The third-order valence-electron chi connectivity index (χ3n) is 3.97. The van der Waals surface area contributed by atoms with Crippen LogP contribution in [0, 0.1) is 0 Å². The van der Waals surface area contributed by atoms with E-state index in [1.807, 2.05) is 0 Å². The van der Waals surface area contributed by atoms with Gasteiger partial charge in [-0.2, -0.15) is 0 Å². The van der Waals surface area contributed by atoms with E-state index in [1.54, 1.807) is 19.1 Å². The number of rotatable bonds is 9. The Labute approximate surface area is 154 Å². The van der Waals surface area contributed by atoms with Crippen molar-refractivity contribution < 1.29 is 22.7 Å². The van der Waals surface area contributed by atoms with Crippen molar-refractivity contribution in [1.29, 1.82) is 0 Å². The maximum atomic E-state index is 12.5. The van der Waals surface area contributed by atoms with Gasteiger partial charge in [0.2, 0.25) is 15.9 Å². The van der Waals surface area contributed by atoms with Crippen LogP contribution < -0.4 is 15.4 Å². The highest BCUT2D eigenvalue weighted by molar-refractivity contribution is 7.89. The number of hydrogen-bond donors (Lipinski definition) is 2. The molecular formula is C17H27N3O5S. The number of ether oxygens (including phenoxy) is 2. The minimum Gasteiger partial charge on any atom is -0.492 e. The van der Waals surface area contributed by atoms with Gasteiger partial charge in [0.15, 0.2) is 0 Å². The van der Waals surface area contributed by atoms with Gasteiger partial charge in [0.05, 0.1) is 19.3 Å². The number of anilines is 1. The van der Waals surface area contributed by atoms with E-state index >= 15 is 0 Å². The molecule has 1 amide bonds. The lowest BCUT2D eigenvalue weighted by Crippen LogP contribution is -2.33. The molecule has 9 heteroatoms. The van der Waals surface area contributed by atoms with Crippen LogP contribution in [0.5, 0.6) is 5.75 Å². The largest absolute Gasteiger partial charge is 0.492 e. The van der Waals surface area contributed by atoms with Gasteiger partial charge in [-0.1, -0.05) is 0 Å². The third-order valence-corrected chi connectivity index (χ3v) is 5.80. The lowest BCUT2D eigenvalue weighted by Gasteiger charge is -2.17. The zero-order valence-electron chi connectivity index (χ0n) is 15.4. The van der Waals surface area contributed by atoms with Gasteiger partial charge in [-0.05, 0) is 38.0 Å². The topological polar surface area (TPSA) is 97.0 Å². The highest BCUT2D eigenvalue weighted by atomic mass is 32.2. The van der Waals surface area contributed by atoms with Crippen LogP contribution in [0.4, 0.5) is 5.69 Å². The van der Waals surface area contributed by atoms with E-state index < -0.39 is 10.0 Å². The molecule has 146 valence electrons. The predicted molar refractivity (Wildman–Crippen MR) is 99.0 cm³/mol. The van der Waals surface area contributed by atoms with Crippen LogP contribution >= 0.6 is 0 Å². The van der Waals surface area contributed by atoms with Crippen LogP contribution in [0.15, 0.2) is 23.1 Å². The van der Waals surface area contributed by atoms with Gasteiger partial charge in [-0.3, -0.25) is 4.79 Å². The Morgan fingerprint density at radius 2 is 2.15 bits per heavy atom. The number of sulfonamides is 1. The quantitative estimate of drug-likeness (QED) is 0.659. The molecule has 1 saturated heterocycles. The van der Waals surface area contributed by atoms with Gasteiger partial charge in [-0.15, -0.1) is 0 Å². The molecule has 1 aliphatic rings. The minimum atomic E-state index is -3.69. The molecule has 1 unspecified atom stereocenters. The van der Waals surface area contributed by atoms with E-state index in [0.717, 1.165) is 23.8 Å². The van der Waals surface area contributed by atoms with Crippen LogP contribution in [-0.2, 0) is 19.6 Å². The number of carbonyl (C=O) groups excluding carboxylic acids is 1. The Hall–Kier alpha value is -1.68. The summed E-state index contributed by atoms with van der Waals surface area (Å²) >= 11 is 0. The first-order chi connectivity index (χ1) is 12.3. The zero-order valence-corrected chi connectivity index (χ0v) is 16.3. The van der Waals surface area contributed by atoms with E-state index in [0.29, 0.717) is 18.8 Å². The smallest absolute Gasteiger partial charge is 0.246 e. The lowest BCUT2D eigenvalue weighted by molar-refractivity contribution is -0.115. The summed E-state index contributed by atoms with van der Waals surface area (Å²) in [5.41, 5.74) is 0.401. The SMILES string of the molecule is CCOc1ccc(NC(=O)CNCC2CCCO2)cc1S(=O)(=O)N(C)C. The van der Waals surface area contributed by atoms with Crippen LogP contribution in [-0.4, -0.2) is 65.1 Å². The van der Waals surface area contributed by atoms with Gasteiger partial charge in [0, 0.05) is 32.9 Å². The Bertz CT molecular complexity index is 715. The van der Waals surface area contributed by atoms with Crippen LogP contribution in [0.25, 0.3) is 0 Å². The molecular weight excluding hydrogens is 358 g/mol. The van der Waals surface area contributed by atoms with Crippen molar-refractivity contribution in [2.24, 2.45) is 0 Å². The molecule has 0 bridgehead atoms. The molecule has 2 rings (SSSR count). The molecule has 2 N–H and O–H groups in total. The molecule has 8 nitrogen and oxygen atoms in total. The van der Waals surface area contributed by atoms with Gasteiger partial charge in [-0.25, -0.2) is 12.7 Å². The summed E-state index contributed by atoms with van der Waals surface area (Å²) in [6, 6.07) is 4.59. The van der Waals surface area contributed by atoms with Crippen molar-refractivity contribution in [3.63, 3.8) is 0 Å². The fourth-order valence-corrected chi connectivity index (χ4v) is 3.67. The second-order valence-corrected chi connectivity index (χ2v) is 8.32. The summed E-state index contributed by atoms with van der Waals surface area (Å²) in [5.74, 6) is 0.0102. The summed E-state index contributed by atoms with van der Waals surface area (Å²) in [6.45, 7) is 3.64. The maximum absolute atomic E-state index is 12.5. The monoisotopic (exact) mass is 385 g/mol. The third kappa shape index (κ3) is 5.41. The highest BCUT2D eigenvalue weighted by Gasteiger charge is 2.23. The molecule has 1 aliphatic heterocycles. The highest BCUT2D eigenvalue weighted by Crippen LogP contribution is 2.29. The first-order valence-electron chi connectivity index (χ1n) is 8.66. The van der Waals surface area contributed by atoms with Crippen molar-refractivity contribution in [3.05, 3.63) is 18.2 Å². The Balaban J connectivity index is 2.03. The number of benzene rings is 1. The van der Waals surface area contributed by atoms with Crippen molar-refractivity contribution in [2.45, 2.75) is 30.8 Å². The van der Waals surface area contributed by atoms with E-state index in [1.165, 1.54) is 20.2 Å². The molecule has 0 aromatic heterocycles. The van der Waals surface area contributed by atoms with Crippen LogP contribution in [0.2, 0.25) is 0 Å². The molecule has 1 aromatic carbocycles. The molecule has 1 heterocycles. The number of nitrogens with zero attached hydrogens (tertiary/aromatic N) is 1. The van der Waals surface area contributed by atoms with Gasteiger partial charge in [0.1, 0.15) is 10.6 Å². The first-order valence-corrected chi connectivity index (χ1v) is 10.1. The second kappa shape index (κ2) is 9.31. The van der Waals surface area contributed by atoms with Crippen LogP contribution in [0.3, 0.4) is 0 Å². The maximum Gasteiger partial charge on any atom is 0.246 e. The molecule has 1 aromatic rings. The summed E-state index contributed by atoms with van der Waals surface area (Å²) in [5, 5.41) is 5.76. The van der Waals surface area contributed by atoms with E-state index in [9.17, 15) is 13.2 Å². The number of nitrogens with one attached hydrogen (secondary N) is 2. The summed E-state index contributed by atoms with van der Waals surface area (Å²) in [6.07, 6.45) is 2.21. The molecule has 0 aliphatic carbocycles. The Morgan fingerprint density at radius 1 is 1.38 bits per heavy atom. The van der Waals surface area contributed by atoms with Crippen molar-refractivity contribution in [2.75, 3.05) is 45.7 Å². The predicted octanol–water partition coefficient (Wildman–Crippen LogP) is 1.04. The van der Waals surface area contributed by atoms with Crippen molar-refractivity contribution in [1.82, 2.24) is 9.62 Å². The average molecular weight is 385 g/mol. The Morgan fingerprint density at radius 3 is 2.77 bits per heavy atom. The Kier molecular flexibility index (Phi) is 7.39. The zero-order chi connectivity index (χ0) is 19.2. The molecule has 1 fully saturated rings. The number of amides is 1. The van der Waals surface area contributed by atoms with E-state index in [4.69, 9.17) is 9.47 Å². The van der Waals surface area contributed by atoms with E-state index in [2.05, 4.69) is 10.6 Å². The molecule has 0 saturated carbocycles. The lowest BCUT2D eigenvalue weighted by atomic mass is 10.2.